The SMILES string of the molecule is CC(C)S(=O)(=O)CC1(C(=O)O)CCC1. The summed E-state index contributed by atoms with van der Waals surface area (Å²) in [5, 5.41) is 8.48. The molecule has 1 saturated carbocycles. The zero-order valence-corrected chi connectivity index (χ0v) is 9.30. The number of carboxylic acids is 1. The predicted molar refractivity (Wildman–Crippen MR) is 52.8 cm³/mol. The van der Waals surface area contributed by atoms with Crippen molar-refractivity contribution in [2.24, 2.45) is 5.41 Å². The van der Waals surface area contributed by atoms with Gasteiger partial charge in [0.1, 0.15) is 0 Å². The number of aliphatic carboxylic acids is 1. The van der Waals surface area contributed by atoms with E-state index >= 15 is 0 Å². The summed E-state index contributed by atoms with van der Waals surface area (Å²) < 4.78 is 23.2. The molecule has 14 heavy (non-hydrogen) atoms. The smallest absolute Gasteiger partial charge is 0.310 e. The first kappa shape index (κ1) is 11.5. The van der Waals surface area contributed by atoms with Crippen LogP contribution in [-0.4, -0.2) is 30.5 Å². The summed E-state index contributed by atoms with van der Waals surface area (Å²) in [6, 6.07) is 0. The molecule has 0 aromatic carbocycles. The van der Waals surface area contributed by atoms with Gasteiger partial charge in [-0.3, -0.25) is 4.79 Å². The summed E-state index contributed by atoms with van der Waals surface area (Å²) in [7, 11) is -3.24. The molecule has 5 heteroatoms. The molecule has 0 saturated heterocycles. The second-order valence-electron chi connectivity index (χ2n) is 4.29. The predicted octanol–water partition coefficient (Wildman–Crippen LogP) is 1.06. The summed E-state index contributed by atoms with van der Waals surface area (Å²) in [5.41, 5.74) is -0.983. The Balaban J connectivity index is 2.81. The van der Waals surface area contributed by atoms with Crippen molar-refractivity contribution in [2.75, 3.05) is 5.75 Å². The fourth-order valence-corrected chi connectivity index (χ4v) is 3.09. The van der Waals surface area contributed by atoms with Crippen LogP contribution >= 0.6 is 0 Å². The van der Waals surface area contributed by atoms with E-state index in [4.69, 9.17) is 5.11 Å². The van der Waals surface area contributed by atoms with Gasteiger partial charge in [-0.1, -0.05) is 6.42 Å². The number of sulfone groups is 1. The van der Waals surface area contributed by atoms with Crippen LogP contribution in [-0.2, 0) is 14.6 Å². The molecule has 1 fully saturated rings. The van der Waals surface area contributed by atoms with Gasteiger partial charge >= 0.3 is 5.97 Å². The molecule has 1 aliphatic carbocycles. The summed E-state index contributed by atoms with van der Waals surface area (Å²) in [5.74, 6) is -1.17. The van der Waals surface area contributed by atoms with Crippen LogP contribution < -0.4 is 0 Å². The number of carboxylic acid groups (broad SMARTS) is 1. The van der Waals surface area contributed by atoms with Gasteiger partial charge in [0, 0.05) is 0 Å². The van der Waals surface area contributed by atoms with E-state index in [2.05, 4.69) is 0 Å². The van der Waals surface area contributed by atoms with Crippen molar-refractivity contribution in [3.63, 3.8) is 0 Å². The third-order valence-corrected chi connectivity index (χ3v) is 5.35. The molecule has 1 aliphatic rings. The number of carbonyl (C=O) groups is 1. The molecule has 0 atom stereocenters. The molecule has 0 unspecified atom stereocenters. The Morgan fingerprint density at radius 2 is 1.93 bits per heavy atom. The van der Waals surface area contributed by atoms with Gasteiger partial charge in [-0.25, -0.2) is 8.42 Å². The Morgan fingerprint density at radius 3 is 2.14 bits per heavy atom. The maximum absolute atomic E-state index is 11.6. The first-order valence-electron chi connectivity index (χ1n) is 4.75. The van der Waals surface area contributed by atoms with E-state index in [1.54, 1.807) is 13.8 Å². The summed E-state index contributed by atoms with van der Waals surface area (Å²) in [6.45, 7) is 3.17. The van der Waals surface area contributed by atoms with Crippen molar-refractivity contribution < 1.29 is 18.3 Å². The maximum atomic E-state index is 11.6. The quantitative estimate of drug-likeness (QED) is 0.769. The highest BCUT2D eigenvalue weighted by molar-refractivity contribution is 7.92. The molecule has 0 aliphatic heterocycles. The third-order valence-electron chi connectivity index (χ3n) is 2.96. The van der Waals surface area contributed by atoms with Gasteiger partial charge in [0.05, 0.1) is 16.4 Å². The zero-order valence-electron chi connectivity index (χ0n) is 8.49. The molecule has 0 amide bonds. The average molecular weight is 220 g/mol. The lowest BCUT2D eigenvalue weighted by Crippen LogP contribution is -2.45. The Labute approximate surface area is 84.2 Å². The minimum absolute atomic E-state index is 0.201. The van der Waals surface area contributed by atoms with E-state index in [-0.39, 0.29) is 5.75 Å². The zero-order chi connectivity index (χ0) is 11.0. The molecule has 82 valence electrons. The second kappa shape index (κ2) is 3.53. The van der Waals surface area contributed by atoms with E-state index in [0.717, 1.165) is 6.42 Å². The Bertz CT molecular complexity index is 325. The average Bonchev–Trinajstić information content (AvgIpc) is 1.95. The summed E-state index contributed by atoms with van der Waals surface area (Å²) in [4.78, 5) is 10.9. The Hall–Kier alpha value is -0.580. The Kier molecular flexibility index (Phi) is 2.90. The van der Waals surface area contributed by atoms with Crippen LogP contribution in [0, 0.1) is 5.41 Å². The molecule has 1 N–H and O–H groups in total. The van der Waals surface area contributed by atoms with Crippen LogP contribution in [0.2, 0.25) is 0 Å². The van der Waals surface area contributed by atoms with Gasteiger partial charge < -0.3 is 5.11 Å². The van der Waals surface area contributed by atoms with E-state index in [9.17, 15) is 13.2 Å². The topological polar surface area (TPSA) is 71.4 Å². The highest BCUT2D eigenvalue weighted by atomic mass is 32.2. The first-order valence-corrected chi connectivity index (χ1v) is 6.47. The van der Waals surface area contributed by atoms with Gasteiger partial charge in [0.25, 0.3) is 0 Å². The minimum atomic E-state index is -3.24. The minimum Gasteiger partial charge on any atom is -0.481 e. The van der Waals surface area contributed by atoms with Gasteiger partial charge in [-0.2, -0.15) is 0 Å². The first-order chi connectivity index (χ1) is 6.30. The van der Waals surface area contributed by atoms with Gasteiger partial charge in [-0.05, 0) is 26.7 Å². The molecular formula is C9H16O4S. The fraction of sp³-hybridized carbons (Fsp3) is 0.889. The number of rotatable bonds is 4. The highest BCUT2D eigenvalue weighted by Crippen LogP contribution is 2.42. The molecule has 0 aromatic rings. The van der Waals surface area contributed by atoms with Crippen LogP contribution in [0.25, 0.3) is 0 Å². The normalized spacial score (nSPS) is 20.5. The van der Waals surface area contributed by atoms with Gasteiger partial charge in [0.2, 0.25) is 0 Å². The van der Waals surface area contributed by atoms with Crippen LogP contribution in [0.5, 0.6) is 0 Å². The van der Waals surface area contributed by atoms with E-state index in [1.807, 2.05) is 0 Å². The van der Waals surface area contributed by atoms with Crippen LogP contribution in [0.15, 0.2) is 0 Å². The summed E-state index contributed by atoms with van der Waals surface area (Å²) in [6.07, 6.45) is 1.81. The lowest BCUT2D eigenvalue weighted by Gasteiger charge is -2.37. The number of hydrogen-bond acceptors (Lipinski definition) is 3. The van der Waals surface area contributed by atoms with Crippen LogP contribution in [0.4, 0.5) is 0 Å². The molecule has 0 radical (unpaired) electrons. The highest BCUT2D eigenvalue weighted by Gasteiger charge is 2.47. The van der Waals surface area contributed by atoms with Crippen molar-refractivity contribution in [2.45, 2.75) is 38.4 Å². The van der Waals surface area contributed by atoms with Crippen LogP contribution in [0.3, 0.4) is 0 Å². The molecule has 4 nitrogen and oxygen atoms in total. The molecule has 0 bridgehead atoms. The van der Waals surface area contributed by atoms with Gasteiger partial charge in [-0.15, -0.1) is 0 Å². The largest absolute Gasteiger partial charge is 0.481 e. The number of hydrogen-bond donors (Lipinski definition) is 1. The molecule has 0 heterocycles. The monoisotopic (exact) mass is 220 g/mol. The van der Waals surface area contributed by atoms with Crippen molar-refractivity contribution >= 4 is 15.8 Å². The molecule has 0 aromatic heterocycles. The molecule has 0 spiro atoms. The summed E-state index contributed by atoms with van der Waals surface area (Å²) >= 11 is 0. The van der Waals surface area contributed by atoms with E-state index in [0.29, 0.717) is 12.8 Å². The van der Waals surface area contributed by atoms with Crippen molar-refractivity contribution in [1.82, 2.24) is 0 Å². The molecular weight excluding hydrogens is 204 g/mol. The van der Waals surface area contributed by atoms with E-state index < -0.39 is 26.5 Å². The third kappa shape index (κ3) is 1.92. The van der Waals surface area contributed by atoms with Crippen molar-refractivity contribution in [1.29, 1.82) is 0 Å². The molecule has 1 rings (SSSR count). The lowest BCUT2D eigenvalue weighted by atomic mass is 9.70. The fourth-order valence-electron chi connectivity index (χ4n) is 1.58. The lowest BCUT2D eigenvalue weighted by molar-refractivity contribution is -0.152. The van der Waals surface area contributed by atoms with Crippen LogP contribution in [0.1, 0.15) is 33.1 Å². The standard InChI is InChI=1S/C9H16O4S/c1-7(2)14(12,13)6-9(8(10)11)4-3-5-9/h7H,3-6H2,1-2H3,(H,10,11). The van der Waals surface area contributed by atoms with E-state index in [1.165, 1.54) is 0 Å². The maximum Gasteiger partial charge on any atom is 0.310 e. The van der Waals surface area contributed by atoms with Gasteiger partial charge in [0.15, 0.2) is 9.84 Å². The Morgan fingerprint density at radius 1 is 1.43 bits per heavy atom. The second-order valence-corrected chi connectivity index (χ2v) is 6.85. The van der Waals surface area contributed by atoms with Crippen molar-refractivity contribution in [3.05, 3.63) is 0 Å². The van der Waals surface area contributed by atoms with Crippen molar-refractivity contribution in [3.8, 4) is 0 Å².